The summed E-state index contributed by atoms with van der Waals surface area (Å²) in [5, 5.41) is 5.42. The van der Waals surface area contributed by atoms with Crippen molar-refractivity contribution in [2.45, 2.75) is 17.7 Å². The molecule has 1 saturated heterocycles. The molecule has 23 heavy (non-hydrogen) atoms. The number of hydrogen-bond acceptors (Lipinski definition) is 5. The average molecular weight is 364 g/mol. The minimum Gasteiger partial charge on any atom is -0.495 e. The maximum Gasteiger partial charge on any atom is 0.246 e. The molecule has 0 aromatic heterocycles. The summed E-state index contributed by atoms with van der Waals surface area (Å²) in [5.41, 5.74) is 0.498. The fourth-order valence-corrected chi connectivity index (χ4v) is 4.05. The number of carbonyl (C=O) groups is 1. The lowest BCUT2D eigenvalue weighted by Gasteiger charge is -2.18. The van der Waals surface area contributed by atoms with Crippen LogP contribution in [0, 0.1) is 0 Å². The van der Waals surface area contributed by atoms with Crippen LogP contribution < -0.4 is 15.4 Å². The van der Waals surface area contributed by atoms with E-state index in [1.165, 1.54) is 23.5 Å². The predicted molar refractivity (Wildman–Crippen MR) is 90.8 cm³/mol. The van der Waals surface area contributed by atoms with Crippen molar-refractivity contribution in [3.63, 3.8) is 0 Å². The van der Waals surface area contributed by atoms with Crippen LogP contribution in [0.4, 0.5) is 5.69 Å². The van der Waals surface area contributed by atoms with Gasteiger partial charge in [0, 0.05) is 24.8 Å². The van der Waals surface area contributed by atoms with Gasteiger partial charge >= 0.3 is 0 Å². The van der Waals surface area contributed by atoms with Crippen molar-refractivity contribution in [1.29, 1.82) is 0 Å². The highest BCUT2D eigenvalue weighted by atomic mass is 35.5. The number of ether oxygens (including phenoxy) is 1. The lowest BCUT2D eigenvalue weighted by Crippen LogP contribution is -2.28. The smallest absolute Gasteiger partial charge is 0.246 e. The molecule has 0 saturated carbocycles. The van der Waals surface area contributed by atoms with Crippen LogP contribution in [0.3, 0.4) is 0 Å². The number of sulfonamides is 1. The van der Waals surface area contributed by atoms with Crippen molar-refractivity contribution in [2.75, 3.05) is 39.1 Å². The monoisotopic (exact) mass is 363 g/mol. The van der Waals surface area contributed by atoms with Crippen LogP contribution in [0.2, 0.25) is 0 Å². The van der Waals surface area contributed by atoms with Crippen LogP contribution >= 0.6 is 12.4 Å². The molecule has 1 aromatic rings. The highest BCUT2D eigenvalue weighted by Gasteiger charge is 2.30. The molecule has 1 aromatic carbocycles. The lowest BCUT2D eigenvalue weighted by atomic mass is 10.3. The quantitative estimate of drug-likeness (QED) is 0.789. The van der Waals surface area contributed by atoms with Gasteiger partial charge in [-0.05, 0) is 32.0 Å². The van der Waals surface area contributed by atoms with Gasteiger partial charge in [-0.25, -0.2) is 8.42 Å². The van der Waals surface area contributed by atoms with Crippen LogP contribution in [-0.2, 0) is 14.8 Å². The number of nitrogens with one attached hydrogen (secondary N) is 2. The third-order valence-electron chi connectivity index (χ3n) is 3.47. The topological polar surface area (TPSA) is 87.7 Å². The number of halogens is 1. The highest BCUT2D eigenvalue weighted by molar-refractivity contribution is 7.89. The van der Waals surface area contributed by atoms with E-state index in [0.29, 0.717) is 18.8 Å². The Labute approximate surface area is 142 Å². The number of nitrogens with zero attached hydrogens (tertiary/aromatic N) is 1. The molecule has 9 heteroatoms. The van der Waals surface area contributed by atoms with Gasteiger partial charge in [-0.2, -0.15) is 4.31 Å². The standard InChI is InChI=1S/C14H21N3O4S.ClH/c1-15-10-14(18)16-11-5-6-13(12(9-11)21-2)22(19,20)17-7-3-4-8-17;/h5-6,9,15H,3-4,7-8,10H2,1-2H3,(H,16,18);1H. The van der Waals surface area contributed by atoms with E-state index in [4.69, 9.17) is 4.74 Å². The van der Waals surface area contributed by atoms with Crippen LogP contribution in [0.5, 0.6) is 5.75 Å². The van der Waals surface area contributed by atoms with E-state index < -0.39 is 10.0 Å². The van der Waals surface area contributed by atoms with E-state index >= 15 is 0 Å². The van der Waals surface area contributed by atoms with Gasteiger partial charge < -0.3 is 15.4 Å². The Bertz CT molecular complexity index is 645. The molecule has 0 aliphatic carbocycles. The van der Waals surface area contributed by atoms with Crippen molar-refractivity contribution >= 4 is 34.0 Å². The van der Waals surface area contributed by atoms with E-state index in [2.05, 4.69) is 10.6 Å². The van der Waals surface area contributed by atoms with Gasteiger partial charge in [-0.3, -0.25) is 4.79 Å². The Morgan fingerprint density at radius 3 is 2.52 bits per heavy atom. The van der Waals surface area contributed by atoms with Crippen molar-refractivity contribution in [2.24, 2.45) is 0 Å². The van der Waals surface area contributed by atoms with Gasteiger partial charge in [-0.15, -0.1) is 12.4 Å². The molecule has 1 aliphatic rings. The Morgan fingerprint density at radius 2 is 1.96 bits per heavy atom. The largest absolute Gasteiger partial charge is 0.495 e. The van der Waals surface area contributed by atoms with Gasteiger partial charge in [0.1, 0.15) is 10.6 Å². The van der Waals surface area contributed by atoms with Crippen LogP contribution in [0.15, 0.2) is 23.1 Å². The minimum atomic E-state index is -3.55. The number of rotatable bonds is 6. The molecule has 2 rings (SSSR count). The molecule has 130 valence electrons. The van der Waals surface area contributed by atoms with Crippen LogP contribution in [0.1, 0.15) is 12.8 Å². The fourth-order valence-electron chi connectivity index (χ4n) is 2.39. The van der Waals surface area contributed by atoms with E-state index in [0.717, 1.165) is 12.8 Å². The predicted octanol–water partition coefficient (Wildman–Crippen LogP) is 1.06. The van der Waals surface area contributed by atoms with Crippen LogP contribution in [-0.4, -0.2) is 52.4 Å². The third kappa shape index (κ3) is 4.57. The first-order valence-electron chi connectivity index (χ1n) is 7.11. The molecule has 0 atom stereocenters. The summed E-state index contributed by atoms with van der Waals surface area (Å²) < 4.78 is 31.9. The first-order chi connectivity index (χ1) is 10.5. The summed E-state index contributed by atoms with van der Waals surface area (Å²) in [6.45, 7) is 1.24. The Morgan fingerprint density at radius 1 is 1.30 bits per heavy atom. The third-order valence-corrected chi connectivity index (χ3v) is 5.41. The number of amides is 1. The van der Waals surface area contributed by atoms with Crippen molar-refractivity contribution in [3.8, 4) is 5.75 Å². The minimum absolute atomic E-state index is 0. The van der Waals surface area contributed by atoms with E-state index in [1.807, 2.05) is 0 Å². The molecule has 1 fully saturated rings. The molecule has 2 N–H and O–H groups in total. The molecule has 1 aliphatic heterocycles. The van der Waals surface area contributed by atoms with Crippen molar-refractivity contribution in [3.05, 3.63) is 18.2 Å². The SMILES string of the molecule is CNCC(=O)Nc1ccc(S(=O)(=O)N2CCCC2)c(OC)c1.Cl. The lowest BCUT2D eigenvalue weighted by molar-refractivity contribution is -0.115. The summed E-state index contributed by atoms with van der Waals surface area (Å²) in [6.07, 6.45) is 1.75. The van der Waals surface area contributed by atoms with Gasteiger partial charge in [-0.1, -0.05) is 0 Å². The number of hydrogen-bond donors (Lipinski definition) is 2. The number of methoxy groups -OCH3 is 1. The molecule has 0 bridgehead atoms. The highest BCUT2D eigenvalue weighted by Crippen LogP contribution is 2.31. The van der Waals surface area contributed by atoms with E-state index in [-0.39, 0.29) is 35.5 Å². The van der Waals surface area contributed by atoms with E-state index in [9.17, 15) is 13.2 Å². The van der Waals surface area contributed by atoms with E-state index in [1.54, 1.807) is 13.1 Å². The summed E-state index contributed by atoms with van der Waals surface area (Å²) in [4.78, 5) is 11.7. The van der Waals surface area contributed by atoms with Gasteiger partial charge in [0.15, 0.2) is 0 Å². The number of anilines is 1. The first-order valence-corrected chi connectivity index (χ1v) is 8.55. The summed E-state index contributed by atoms with van der Waals surface area (Å²) in [6, 6.07) is 4.57. The molecular formula is C14H22ClN3O4S. The van der Waals surface area contributed by atoms with Gasteiger partial charge in [0.05, 0.1) is 13.7 Å². The number of carbonyl (C=O) groups excluding carboxylic acids is 1. The number of likely N-dealkylation sites (N-methyl/N-ethyl adjacent to an activating group) is 1. The van der Waals surface area contributed by atoms with Gasteiger partial charge in [0.25, 0.3) is 0 Å². The maximum absolute atomic E-state index is 12.6. The second-order valence-corrected chi connectivity index (χ2v) is 6.96. The molecule has 0 radical (unpaired) electrons. The summed E-state index contributed by atoms with van der Waals surface area (Å²) in [7, 11) is -0.467. The normalized spacial score (nSPS) is 15.0. The Hall–Kier alpha value is -1.35. The zero-order chi connectivity index (χ0) is 16.2. The molecule has 1 heterocycles. The summed E-state index contributed by atoms with van der Waals surface area (Å²) in [5.74, 6) is 0.0221. The average Bonchev–Trinajstić information content (AvgIpc) is 3.02. The van der Waals surface area contributed by atoms with Crippen LogP contribution in [0.25, 0.3) is 0 Å². The zero-order valence-electron chi connectivity index (χ0n) is 13.2. The maximum atomic E-state index is 12.6. The zero-order valence-corrected chi connectivity index (χ0v) is 14.8. The second kappa shape index (κ2) is 8.49. The molecule has 7 nitrogen and oxygen atoms in total. The van der Waals surface area contributed by atoms with Crippen molar-refractivity contribution < 1.29 is 17.9 Å². The molecule has 0 spiro atoms. The Balaban J connectivity index is 0.00000264. The first kappa shape index (κ1) is 19.7. The molecule has 0 unspecified atom stereocenters. The Kier molecular flexibility index (Phi) is 7.27. The van der Waals surface area contributed by atoms with Gasteiger partial charge in [0.2, 0.25) is 15.9 Å². The molecular weight excluding hydrogens is 342 g/mol. The molecule has 1 amide bonds. The fraction of sp³-hybridized carbons (Fsp3) is 0.500. The summed E-state index contributed by atoms with van der Waals surface area (Å²) >= 11 is 0. The number of benzene rings is 1. The van der Waals surface area contributed by atoms with Crippen molar-refractivity contribution in [1.82, 2.24) is 9.62 Å². The second-order valence-electron chi connectivity index (χ2n) is 5.06.